The fourth-order valence-electron chi connectivity index (χ4n) is 1.94. The third-order valence-electron chi connectivity index (χ3n) is 2.80. The molecule has 0 aliphatic heterocycles. The van der Waals surface area contributed by atoms with E-state index in [2.05, 4.69) is 9.97 Å². The summed E-state index contributed by atoms with van der Waals surface area (Å²) in [5.74, 6) is 0.444. The molecule has 0 aliphatic rings. The summed E-state index contributed by atoms with van der Waals surface area (Å²) < 4.78 is 1.91. The van der Waals surface area contributed by atoms with Crippen LogP contribution < -0.4 is 5.73 Å². The van der Waals surface area contributed by atoms with Crippen molar-refractivity contribution >= 4 is 51.5 Å². The summed E-state index contributed by atoms with van der Waals surface area (Å²) in [6.45, 7) is 2.60. The van der Waals surface area contributed by atoms with Crippen molar-refractivity contribution in [1.29, 1.82) is 0 Å². The van der Waals surface area contributed by atoms with Crippen molar-refractivity contribution in [3.63, 3.8) is 0 Å². The lowest BCUT2D eigenvalue weighted by molar-refractivity contribution is 0.850. The molecular formula is C12H10Cl2N4S. The normalized spacial score (nSPS) is 11.3. The fraction of sp³-hybridized carbons (Fsp3) is 0.167. The van der Waals surface area contributed by atoms with Crippen LogP contribution in [0.25, 0.3) is 11.0 Å². The molecule has 0 atom stereocenters. The molecule has 19 heavy (non-hydrogen) atoms. The van der Waals surface area contributed by atoms with Crippen LogP contribution in [0.4, 0.5) is 5.95 Å². The van der Waals surface area contributed by atoms with Gasteiger partial charge in [0.2, 0.25) is 5.95 Å². The van der Waals surface area contributed by atoms with Crippen molar-refractivity contribution < 1.29 is 0 Å². The van der Waals surface area contributed by atoms with E-state index in [-0.39, 0.29) is 0 Å². The number of imidazole rings is 1. The van der Waals surface area contributed by atoms with Crippen molar-refractivity contribution in [3.8, 4) is 0 Å². The van der Waals surface area contributed by atoms with Crippen LogP contribution in [0.5, 0.6) is 0 Å². The number of nitrogen functional groups attached to an aromatic ring is 1. The number of halogens is 2. The van der Waals surface area contributed by atoms with Crippen LogP contribution in [-0.4, -0.2) is 14.5 Å². The van der Waals surface area contributed by atoms with Gasteiger partial charge in [0.25, 0.3) is 0 Å². The first-order valence-corrected chi connectivity index (χ1v) is 7.14. The van der Waals surface area contributed by atoms with E-state index in [9.17, 15) is 0 Å². The van der Waals surface area contributed by atoms with E-state index in [0.29, 0.717) is 22.5 Å². The van der Waals surface area contributed by atoms with Gasteiger partial charge in [-0.25, -0.2) is 9.97 Å². The number of rotatable bonds is 2. The summed E-state index contributed by atoms with van der Waals surface area (Å²) in [7, 11) is 0. The van der Waals surface area contributed by atoms with Crippen LogP contribution in [0.3, 0.4) is 0 Å². The predicted molar refractivity (Wildman–Crippen MR) is 80.1 cm³/mol. The first-order chi connectivity index (χ1) is 9.04. The number of fused-ring (bicyclic) bond motifs is 1. The van der Waals surface area contributed by atoms with Gasteiger partial charge in [-0.1, -0.05) is 23.2 Å². The van der Waals surface area contributed by atoms with Gasteiger partial charge in [-0.05, 0) is 19.1 Å². The van der Waals surface area contributed by atoms with Crippen LogP contribution in [0.15, 0.2) is 18.3 Å². The molecule has 0 bridgehead atoms. The highest BCUT2D eigenvalue weighted by Crippen LogP contribution is 2.29. The third-order valence-corrected chi connectivity index (χ3v) is 4.42. The maximum Gasteiger partial charge on any atom is 0.201 e. The Hall–Kier alpha value is -1.30. The monoisotopic (exact) mass is 312 g/mol. The van der Waals surface area contributed by atoms with Crippen molar-refractivity contribution in [2.24, 2.45) is 0 Å². The predicted octanol–water partition coefficient (Wildman–Crippen LogP) is 3.74. The number of thiazole rings is 1. The largest absolute Gasteiger partial charge is 0.369 e. The maximum absolute atomic E-state index is 6.05. The Bertz CT molecular complexity index is 763. The zero-order valence-corrected chi connectivity index (χ0v) is 12.4. The average molecular weight is 313 g/mol. The number of benzene rings is 1. The molecule has 0 fully saturated rings. The second-order valence-electron chi connectivity index (χ2n) is 4.16. The highest BCUT2D eigenvalue weighted by atomic mass is 35.5. The summed E-state index contributed by atoms with van der Waals surface area (Å²) in [6, 6.07) is 3.51. The minimum absolute atomic E-state index is 0.444. The van der Waals surface area contributed by atoms with E-state index in [1.807, 2.05) is 17.7 Å². The molecule has 0 radical (unpaired) electrons. The minimum atomic E-state index is 0.444. The maximum atomic E-state index is 6.05. The number of aromatic nitrogens is 3. The molecule has 0 aliphatic carbocycles. The van der Waals surface area contributed by atoms with E-state index < -0.39 is 0 Å². The smallest absolute Gasteiger partial charge is 0.201 e. The minimum Gasteiger partial charge on any atom is -0.369 e. The summed E-state index contributed by atoms with van der Waals surface area (Å²) in [5, 5.41) is 2.00. The van der Waals surface area contributed by atoms with Gasteiger partial charge in [-0.15, -0.1) is 11.3 Å². The Morgan fingerprint density at radius 2 is 2.05 bits per heavy atom. The molecule has 98 valence electrons. The Morgan fingerprint density at radius 3 is 2.74 bits per heavy atom. The highest BCUT2D eigenvalue weighted by molar-refractivity contribution is 7.11. The second-order valence-corrected chi connectivity index (χ2v) is 6.29. The third kappa shape index (κ3) is 2.29. The quantitative estimate of drug-likeness (QED) is 0.784. The lowest BCUT2D eigenvalue weighted by Gasteiger charge is -2.04. The standard InChI is InChI=1S/C12H10Cl2N4S/c1-6-16-4-7(19-6)5-18-11-3-9(14)8(13)2-10(11)17-12(18)15/h2-4H,5H2,1H3,(H2,15,17). The topological polar surface area (TPSA) is 56.7 Å². The zero-order valence-electron chi connectivity index (χ0n) is 10.0. The molecule has 3 rings (SSSR count). The van der Waals surface area contributed by atoms with Gasteiger partial charge in [-0.2, -0.15) is 0 Å². The van der Waals surface area contributed by atoms with Gasteiger partial charge in [-0.3, -0.25) is 0 Å². The number of hydrogen-bond donors (Lipinski definition) is 1. The number of hydrogen-bond acceptors (Lipinski definition) is 4. The Kier molecular flexibility index (Phi) is 3.12. The molecule has 4 nitrogen and oxygen atoms in total. The molecular weight excluding hydrogens is 303 g/mol. The van der Waals surface area contributed by atoms with E-state index in [1.165, 1.54) is 0 Å². The van der Waals surface area contributed by atoms with E-state index in [4.69, 9.17) is 28.9 Å². The Balaban J connectivity index is 2.12. The zero-order chi connectivity index (χ0) is 13.6. The average Bonchev–Trinajstić information content (AvgIpc) is 2.87. The molecule has 0 amide bonds. The molecule has 2 aromatic heterocycles. The fourth-order valence-corrected chi connectivity index (χ4v) is 3.04. The first-order valence-electron chi connectivity index (χ1n) is 5.56. The molecule has 2 N–H and O–H groups in total. The van der Waals surface area contributed by atoms with Gasteiger partial charge < -0.3 is 10.3 Å². The van der Waals surface area contributed by atoms with E-state index >= 15 is 0 Å². The summed E-state index contributed by atoms with van der Waals surface area (Å²) >= 11 is 13.7. The van der Waals surface area contributed by atoms with Crippen LogP contribution in [0.1, 0.15) is 9.88 Å². The molecule has 3 aromatic rings. The molecule has 0 saturated heterocycles. The second kappa shape index (κ2) is 4.67. The summed E-state index contributed by atoms with van der Waals surface area (Å²) in [5.41, 5.74) is 7.57. The van der Waals surface area contributed by atoms with Crippen molar-refractivity contribution in [2.45, 2.75) is 13.5 Å². The number of nitrogens with zero attached hydrogens (tertiary/aromatic N) is 3. The highest BCUT2D eigenvalue weighted by Gasteiger charge is 2.12. The van der Waals surface area contributed by atoms with Crippen LogP contribution in [0, 0.1) is 6.92 Å². The molecule has 0 unspecified atom stereocenters. The number of anilines is 1. The van der Waals surface area contributed by atoms with Crippen molar-refractivity contribution in [1.82, 2.24) is 14.5 Å². The van der Waals surface area contributed by atoms with Crippen LogP contribution in [0.2, 0.25) is 10.0 Å². The van der Waals surface area contributed by atoms with Gasteiger partial charge in [0.1, 0.15) is 0 Å². The lowest BCUT2D eigenvalue weighted by atomic mass is 10.3. The van der Waals surface area contributed by atoms with Crippen molar-refractivity contribution in [2.75, 3.05) is 5.73 Å². The van der Waals surface area contributed by atoms with Crippen LogP contribution >= 0.6 is 34.5 Å². The summed E-state index contributed by atoms with van der Waals surface area (Å²) in [6.07, 6.45) is 1.85. The Labute approximate surface area is 123 Å². The van der Waals surface area contributed by atoms with E-state index in [1.54, 1.807) is 23.5 Å². The molecule has 0 spiro atoms. The molecule has 2 heterocycles. The molecule has 7 heteroatoms. The number of aryl methyl sites for hydroxylation is 1. The molecule has 0 saturated carbocycles. The summed E-state index contributed by atoms with van der Waals surface area (Å²) in [4.78, 5) is 9.66. The van der Waals surface area contributed by atoms with E-state index in [0.717, 1.165) is 20.9 Å². The van der Waals surface area contributed by atoms with Crippen LogP contribution in [-0.2, 0) is 6.54 Å². The van der Waals surface area contributed by atoms with Gasteiger partial charge in [0.15, 0.2) is 0 Å². The number of nitrogens with two attached hydrogens (primary N) is 1. The Morgan fingerprint density at radius 1 is 1.32 bits per heavy atom. The molecule has 1 aromatic carbocycles. The van der Waals surface area contributed by atoms with Gasteiger partial charge in [0, 0.05) is 11.1 Å². The van der Waals surface area contributed by atoms with Crippen molar-refractivity contribution in [3.05, 3.63) is 38.3 Å². The first kappa shape index (κ1) is 12.7. The van der Waals surface area contributed by atoms with Gasteiger partial charge in [0.05, 0.1) is 32.6 Å². The lowest BCUT2D eigenvalue weighted by Crippen LogP contribution is -2.03. The SMILES string of the molecule is Cc1ncc(Cn2c(N)nc3cc(Cl)c(Cl)cc32)s1. The van der Waals surface area contributed by atoms with Gasteiger partial charge >= 0.3 is 0 Å².